The van der Waals surface area contributed by atoms with E-state index in [1.165, 1.54) is 18.3 Å². The highest BCUT2D eigenvalue weighted by atomic mass is 19.4. The average Bonchev–Trinajstić information content (AvgIpc) is 2.79. The number of carbonyl (C=O) groups is 1. The third-order valence-corrected chi connectivity index (χ3v) is 5.83. The number of hydrogen-bond donors (Lipinski definition) is 3. The number of para-hydroxylation sites is 1. The molecule has 0 aliphatic carbocycles. The van der Waals surface area contributed by atoms with E-state index in [9.17, 15) is 27.9 Å². The smallest absolute Gasteiger partial charge is 0.396 e. The van der Waals surface area contributed by atoms with Gasteiger partial charge in [-0.1, -0.05) is 12.1 Å². The Morgan fingerprint density at radius 3 is 2.56 bits per heavy atom. The van der Waals surface area contributed by atoms with Crippen LogP contribution in [0.3, 0.4) is 0 Å². The van der Waals surface area contributed by atoms with Crippen molar-refractivity contribution in [3.63, 3.8) is 0 Å². The van der Waals surface area contributed by atoms with Gasteiger partial charge in [-0.05, 0) is 49.1 Å². The van der Waals surface area contributed by atoms with Crippen LogP contribution in [0.25, 0.3) is 10.9 Å². The molecular formula is C23H22F3N3O3. The monoisotopic (exact) mass is 445 g/mol. The zero-order chi connectivity index (χ0) is 22.9. The van der Waals surface area contributed by atoms with Crippen LogP contribution < -0.4 is 15.6 Å². The van der Waals surface area contributed by atoms with E-state index < -0.39 is 28.8 Å². The number of piperidine rings is 1. The minimum atomic E-state index is -4.70. The molecule has 2 aromatic carbocycles. The quantitative estimate of drug-likeness (QED) is 0.567. The summed E-state index contributed by atoms with van der Waals surface area (Å²) in [5.74, 6) is -0.758. The molecule has 1 amide bonds. The fourth-order valence-corrected chi connectivity index (χ4v) is 3.97. The molecule has 0 unspecified atom stereocenters. The molecule has 9 heteroatoms. The Hall–Kier alpha value is -3.33. The molecule has 1 aliphatic heterocycles. The van der Waals surface area contributed by atoms with Gasteiger partial charge in [0.05, 0.1) is 11.3 Å². The van der Waals surface area contributed by atoms with Crippen molar-refractivity contribution in [2.45, 2.75) is 19.0 Å². The second kappa shape index (κ2) is 8.66. The summed E-state index contributed by atoms with van der Waals surface area (Å²) in [4.78, 5) is 30.0. The Morgan fingerprint density at radius 2 is 1.88 bits per heavy atom. The van der Waals surface area contributed by atoms with Crippen LogP contribution >= 0.6 is 0 Å². The van der Waals surface area contributed by atoms with Crippen LogP contribution in [0.4, 0.5) is 24.5 Å². The van der Waals surface area contributed by atoms with E-state index in [4.69, 9.17) is 0 Å². The van der Waals surface area contributed by atoms with Crippen molar-refractivity contribution >= 4 is 28.2 Å². The summed E-state index contributed by atoms with van der Waals surface area (Å²) in [7, 11) is 0. The van der Waals surface area contributed by atoms with Gasteiger partial charge in [-0.2, -0.15) is 13.2 Å². The first-order valence-corrected chi connectivity index (χ1v) is 10.3. The Bertz CT molecular complexity index is 1200. The number of anilines is 2. The first kappa shape index (κ1) is 21.9. The highest BCUT2D eigenvalue weighted by molar-refractivity contribution is 6.06. The highest BCUT2D eigenvalue weighted by Crippen LogP contribution is 2.38. The average molecular weight is 445 g/mol. The number of amides is 1. The lowest BCUT2D eigenvalue weighted by molar-refractivity contribution is -0.136. The third kappa shape index (κ3) is 4.34. The molecule has 3 aromatic rings. The molecule has 0 bridgehead atoms. The number of nitrogens with one attached hydrogen (secondary N) is 2. The van der Waals surface area contributed by atoms with Crippen molar-refractivity contribution in [3.05, 3.63) is 70.0 Å². The van der Waals surface area contributed by atoms with Crippen LogP contribution in [0.15, 0.2) is 53.5 Å². The predicted octanol–water partition coefficient (Wildman–Crippen LogP) is 4.01. The fraction of sp³-hybridized carbons (Fsp3) is 0.304. The molecule has 0 radical (unpaired) electrons. The van der Waals surface area contributed by atoms with Crippen molar-refractivity contribution in [2.75, 3.05) is 29.9 Å². The normalized spacial score (nSPS) is 15.2. The second-order valence-electron chi connectivity index (χ2n) is 7.87. The zero-order valence-corrected chi connectivity index (χ0v) is 17.1. The van der Waals surface area contributed by atoms with Gasteiger partial charge in [-0.3, -0.25) is 9.59 Å². The number of aromatic nitrogens is 1. The highest BCUT2D eigenvalue weighted by Gasteiger charge is 2.35. The number of rotatable bonds is 4. The topological polar surface area (TPSA) is 85.4 Å². The second-order valence-corrected chi connectivity index (χ2v) is 7.87. The molecule has 1 saturated heterocycles. The Labute approximate surface area is 181 Å². The van der Waals surface area contributed by atoms with Crippen LogP contribution in [0, 0.1) is 5.92 Å². The van der Waals surface area contributed by atoms with Crippen LogP contribution in [-0.2, 0) is 6.18 Å². The number of aliphatic hydroxyl groups is 1. The van der Waals surface area contributed by atoms with Crippen molar-refractivity contribution in [2.24, 2.45) is 5.92 Å². The molecule has 1 fully saturated rings. The van der Waals surface area contributed by atoms with E-state index in [1.54, 1.807) is 24.3 Å². The van der Waals surface area contributed by atoms with Gasteiger partial charge in [0, 0.05) is 42.5 Å². The molecule has 2 heterocycles. The molecular weight excluding hydrogens is 423 g/mol. The predicted molar refractivity (Wildman–Crippen MR) is 116 cm³/mol. The number of aliphatic hydroxyl groups excluding tert-OH is 1. The van der Waals surface area contributed by atoms with Crippen LogP contribution in [0.5, 0.6) is 0 Å². The van der Waals surface area contributed by atoms with E-state index in [2.05, 4.69) is 10.3 Å². The van der Waals surface area contributed by atoms with E-state index in [0.29, 0.717) is 37.1 Å². The lowest BCUT2D eigenvalue weighted by Gasteiger charge is -2.33. The van der Waals surface area contributed by atoms with Crippen LogP contribution in [0.2, 0.25) is 0 Å². The first-order valence-electron chi connectivity index (χ1n) is 10.3. The Morgan fingerprint density at radius 1 is 1.16 bits per heavy atom. The van der Waals surface area contributed by atoms with Gasteiger partial charge in [0.15, 0.2) is 0 Å². The third-order valence-electron chi connectivity index (χ3n) is 5.83. The number of fused-ring (bicyclic) bond motifs is 1. The molecule has 6 nitrogen and oxygen atoms in total. The molecule has 32 heavy (non-hydrogen) atoms. The van der Waals surface area contributed by atoms with Crippen molar-refractivity contribution in [1.82, 2.24) is 4.98 Å². The Balaban J connectivity index is 1.63. The lowest BCUT2D eigenvalue weighted by Crippen LogP contribution is -2.35. The van der Waals surface area contributed by atoms with Crippen LogP contribution in [0.1, 0.15) is 28.8 Å². The summed E-state index contributed by atoms with van der Waals surface area (Å²) >= 11 is 0. The lowest BCUT2D eigenvalue weighted by atomic mass is 9.97. The zero-order valence-electron chi connectivity index (χ0n) is 17.1. The molecule has 4 rings (SSSR count). The maximum Gasteiger partial charge on any atom is 0.418 e. The molecule has 0 atom stereocenters. The van der Waals surface area contributed by atoms with E-state index in [1.807, 2.05) is 4.90 Å². The van der Waals surface area contributed by atoms with Gasteiger partial charge in [-0.15, -0.1) is 0 Å². The SMILES string of the molecule is O=C(Nc1ccc(N2CCC(CO)CC2)cc1C(F)(F)F)c1c[nH]c2ccccc2c1=O. The molecule has 1 aliphatic rings. The summed E-state index contributed by atoms with van der Waals surface area (Å²) in [6, 6.07) is 10.3. The summed E-state index contributed by atoms with van der Waals surface area (Å²) in [5, 5.41) is 11.8. The van der Waals surface area contributed by atoms with Gasteiger partial charge in [0.1, 0.15) is 5.56 Å². The van der Waals surface area contributed by atoms with Gasteiger partial charge >= 0.3 is 6.18 Å². The van der Waals surface area contributed by atoms with Crippen molar-refractivity contribution < 1.29 is 23.1 Å². The molecule has 3 N–H and O–H groups in total. The molecule has 168 valence electrons. The fourth-order valence-electron chi connectivity index (χ4n) is 3.97. The van der Waals surface area contributed by atoms with Gasteiger partial charge in [-0.25, -0.2) is 0 Å². The maximum absolute atomic E-state index is 13.8. The standard InChI is InChI=1S/C23H22F3N3O3/c24-23(25,26)18-11-15(29-9-7-14(13-30)8-10-29)5-6-20(18)28-22(32)17-12-27-19-4-2-1-3-16(19)21(17)31/h1-6,11-12,14,30H,7-10,13H2,(H,27,31)(H,28,32). The number of carbonyl (C=O) groups excluding carboxylic acids is 1. The molecule has 0 spiro atoms. The minimum Gasteiger partial charge on any atom is -0.396 e. The van der Waals surface area contributed by atoms with E-state index >= 15 is 0 Å². The van der Waals surface area contributed by atoms with Crippen LogP contribution in [-0.4, -0.2) is 35.7 Å². The number of benzene rings is 2. The van der Waals surface area contributed by atoms with E-state index in [-0.39, 0.29) is 23.5 Å². The maximum atomic E-state index is 13.8. The number of halogens is 3. The summed E-state index contributed by atoms with van der Waals surface area (Å²) in [6.07, 6.45) is -2.10. The first-order chi connectivity index (χ1) is 15.3. The largest absolute Gasteiger partial charge is 0.418 e. The number of pyridine rings is 1. The van der Waals surface area contributed by atoms with Gasteiger partial charge in [0.25, 0.3) is 5.91 Å². The molecule has 0 saturated carbocycles. The number of alkyl halides is 3. The number of hydrogen-bond acceptors (Lipinski definition) is 4. The van der Waals surface area contributed by atoms with Gasteiger partial charge < -0.3 is 20.3 Å². The minimum absolute atomic E-state index is 0.0700. The summed E-state index contributed by atoms with van der Waals surface area (Å²) in [5.41, 5.74) is -1.30. The number of nitrogens with zero attached hydrogens (tertiary/aromatic N) is 1. The summed E-state index contributed by atoms with van der Waals surface area (Å²) < 4.78 is 41.3. The summed E-state index contributed by atoms with van der Waals surface area (Å²) in [6.45, 7) is 1.15. The van der Waals surface area contributed by atoms with Crippen molar-refractivity contribution in [1.29, 1.82) is 0 Å². The Kier molecular flexibility index (Phi) is 5.92. The molecule has 1 aromatic heterocycles. The van der Waals surface area contributed by atoms with E-state index in [0.717, 1.165) is 6.07 Å². The number of aromatic amines is 1. The van der Waals surface area contributed by atoms with Crippen molar-refractivity contribution in [3.8, 4) is 0 Å². The van der Waals surface area contributed by atoms with Gasteiger partial charge in [0.2, 0.25) is 5.43 Å². The number of H-pyrrole nitrogens is 1.